The first-order chi connectivity index (χ1) is 11.6. The molecular weight excluding hydrogens is 302 g/mol. The van der Waals surface area contributed by atoms with Crippen LogP contribution in [0.5, 0.6) is 0 Å². The number of pyridine rings is 1. The third-order valence-corrected chi connectivity index (χ3v) is 4.42. The van der Waals surface area contributed by atoms with Crippen LogP contribution < -0.4 is 0 Å². The molecule has 120 valence electrons. The van der Waals surface area contributed by atoms with Gasteiger partial charge in [0.05, 0.1) is 11.3 Å². The second-order valence-corrected chi connectivity index (χ2v) is 5.90. The SMILES string of the molecule is CCc1cc(C(=O)O)cc2nc(-c3cc4ccccc4[nH]3)c(C)n12. The van der Waals surface area contributed by atoms with Crippen LogP contribution >= 0.6 is 0 Å². The number of benzene rings is 1. The smallest absolute Gasteiger partial charge is 0.335 e. The molecule has 0 spiro atoms. The lowest BCUT2D eigenvalue weighted by Gasteiger charge is -2.06. The topological polar surface area (TPSA) is 70.4 Å². The standard InChI is InChI=1S/C19H17N3O2/c1-3-14-8-13(19(23)24)10-17-21-18(11(2)22(14)17)16-9-12-6-4-5-7-15(12)20-16/h4-10,20H,3H2,1-2H3,(H,23,24). The molecule has 0 aliphatic carbocycles. The maximum absolute atomic E-state index is 11.3. The van der Waals surface area contributed by atoms with Crippen LogP contribution in [0.2, 0.25) is 0 Å². The van der Waals surface area contributed by atoms with E-state index in [0.29, 0.717) is 5.65 Å². The van der Waals surface area contributed by atoms with Crippen LogP contribution in [0.15, 0.2) is 42.5 Å². The van der Waals surface area contributed by atoms with Gasteiger partial charge in [0.1, 0.15) is 11.3 Å². The van der Waals surface area contributed by atoms with Crippen LogP contribution in [-0.2, 0) is 6.42 Å². The third-order valence-electron chi connectivity index (χ3n) is 4.42. The van der Waals surface area contributed by atoms with Gasteiger partial charge in [0.25, 0.3) is 0 Å². The zero-order valence-corrected chi connectivity index (χ0v) is 13.5. The Kier molecular flexibility index (Phi) is 3.16. The van der Waals surface area contributed by atoms with Crippen molar-refractivity contribution >= 4 is 22.5 Å². The lowest BCUT2D eigenvalue weighted by atomic mass is 10.2. The Bertz CT molecular complexity index is 1060. The van der Waals surface area contributed by atoms with E-state index in [9.17, 15) is 9.90 Å². The van der Waals surface area contributed by atoms with E-state index in [-0.39, 0.29) is 5.56 Å². The zero-order chi connectivity index (χ0) is 16.8. The van der Waals surface area contributed by atoms with Crippen LogP contribution in [0.25, 0.3) is 27.9 Å². The van der Waals surface area contributed by atoms with E-state index in [4.69, 9.17) is 4.98 Å². The van der Waals surface area contributed by atoms with E-state index >= 15 is 0 Å². The van der Waals surface area contributed by atoms with Crippen molar-refractivity contribution in [2.45, 2.75) is 20.3 Å². The van der Waals surface area contributed by atoms with Crippen LogP contribution in [0.3, 0.4) is 0 Å². The van der Waals surface area contributed by atoms with Crippen molar-refractivity contribution in [2.75, 3.05) is 0 Å². The van der Waals surface area contributed by atoms with E-state index in [0.717, 1.165) is 40.1 Å². The molecule has 1 aromatic carbocycles. The summed E-state index contributed by atoms with van der Waals surface area (Å²) in [6.07, 6.45) is 0.737. The molecule has 24 heavy (non-hydrogen) atoms. The number of aromatic amines is 1. The molecule has 0 saturated heterocycles. The van der Waals surface area contributed by atoms with Crippen molar-refractivity contribution in [3.8, 4) is 11.4 Å². The molecule has 0 aliphatic heterocycles. The van der Waals surface area contributed by atoms with Gasteiger partial charge < -0.3 is 14.5 Å². The number of H-pyrrole nitrogens is 1. The van der Waals surface area contributed by atoms with Crippen LogP contribution in [0.1, 0.15) is 28.7 Å². The van der Waals surface area contributed by atoms with Crippen LogP contribution in [0, 0.1) is 6.92 Å². The van der Waals surface area contributed by atoms with Gasteiger partial charge in [0, 0.05) is 22.3 Å². The lowest BCUT2D eigenvalue weighted by Crippen LogP contribution is -2.03. The number of imidazole rings is 1. The van der Waals surface area contributed by atoms with Crippen LogP contribution in [0.4, 0.5) is 0 Å². The van der Waals surface area contributed by atoms with E-state index in [1.165, 1.54) is 0 Å². The van der Waals surface area contributed by atoms with Crippen molar-refractivity contribution in [3.05, 3.63) is 59.4 Å². The number of aromatic nitrogens is 3. The van der Waals surface area contributed by atoms with Gasteiger partial charge in [-0.05, 0) is 37.6 Å². The summed E-state index contributed by atoms with van der Waals surface area (Å²) >= 11 is 0. The Labute approximate surface area is 138 Å². The second-order valence-electron chi connectivity index (χ2n) is 5.90. The minimum Gasteiger partial charge on any atom is -0.478 e. The molecule has 4 rings (SSSR count). The van der Waals surface area contributed by atoms with Crippen molar-refractivity contribution in [1.82, 2.24) is 14.4 Å². The second kappa shape index (κ2) is 5.23. The number of carboxylic acids is 1. The molecule has 0 atom stereocenters. The molecular formula is C19H17N3O2. The normalized spacial score (nSPS) is 11.4. The Morgan fingerprint density at radius 3 is 2.75 bits per heavy atom. The summed E-state index contributed by atoms with van der Waals surface area (Å²) in [6, 6.07) is 13.5. The van der Waals surface area contributed by atoms with Crippen LogP contribution in [-0.4, -0.2) is 25.4 Å². The number of aryl methyl sites for hydroxylation is 2. The van der Waals surface area contributed by atoms with Gasteiger partial charge in [-0.2, -0.15) is 0 Å². The number of aromatic carboxylic acids is 1. The fraction of sp³-hybridized carbons (Fsp3) is 0.158. The summed E-state index contributed by atoms with van der Waals surface area (Å²) in [5, 5.41) is 10.4. The van der Waals surface area contributed by atoms with Gasteiger partial charge >= 0.3 is 5.97 Å². The molecule has 5 nitrogen and oxygen atoms in total. The average Bonchev–Trinajstić information content (AvgIpc) is 3.15. The molecule has 4 aromatic rings. The minimum atomic E-state index is -0.931. The Hall–Kier alpha value is -3.08. The molecule has 0 unspecified atom stereocenters. The lowest BCUT2D eigenvalue weighted by molar-refractivity contribution is 0.0696. The highest BCUT2D eigenvalue weighted by molar-refractivity contribution is 5.90. The summed E-state index contributed by atoms with van der Waals surface area (Å²) in [6.45, 7) is 4.03. The summed E-state index contributed by atoms with van der Waals surface area (Å²) in [5.74, 6) is -0.931. The molecule has 0 fully saturated rings. The van der Waals surface area contributed by atoms with E-state index in [2.05, 4.69) is 17.1 Å². The van der Waals surface area contributed by atoms with Crippen molar-refractivity contribution in [3.63, 3.8) is 0 Å². The number of rotatable bonds is 3. The monoisotopic (exact) mass is 319 g/mol. The maximum Gasteiger partial charge on any atom is 0.335 e. The number of nitrogens with zero attached hydrogens (tertiary/aromatic N) is 2. The predicted octanol–water partition coefficient (Wildman–Crippen LogP) is 4.05. The summed E-state index contributed by atoms with van der Waals surface area (Å²) < 4.78 is 2.04. The maximum atomic E-state index is 11.3. The molecule has 0 aliphatic rings. The third kappa shape index (κ3) is 2.09. The minimum absolute atomic E-state index is 0.271. The average molecular weight is 319 g/mol. The Morgan fingerprint density at radius 1 is 1.25 bits per heavy atom. The molecule has 3 aromatic heterocycles. The highest BCUT2D eigenvalue weighted by atomic mass is 16.4. The van der Waals surface area contributed by atoms with Crippen molar-refractivity contribution in [1.29, 1.82) is 0 Å². The molecule has 0 amide bonds. The summed E-state index contributed by atoms with van der Waals surface area (Å²) in [5.41, 5.74) is 5.73. The van der Waals surface area contributed by atoms with Gasteiger partial charge in [-0.1, -0.05) is 25.1 Å². The quantitative estimate of drug-likeness (QED) is 0.598. The van der Waals surface area contributed by atoms with E-state index in [1.807, 2.05) is 36.4 Å². The highest BCUT2D eigenvalue weighted by Gasteiger charge is 2.17. The number of carboxylic acid groups (broad SMARTS) is 1. The van der Waals surface area contributed by atoms with E-state index in [1.54, 1.807) is 12.1 Å². The summed E-state index contributed by atoms with van der Waals surface area (Å²) in [4.78, 5) is 19.4. The molecule has 3 heterocycles. The first-order valence-electron chi connectivity index (χ1n) is 7.92. The predicted molar refractivity (Wildman–Crippen MR) is 93.6 cm³/mol. The first-order valence-corrected chi connectivity index (χ1v) is 7.92. The number of nitrogens with one attached hydrogen (secondary N) is 1. The Balaban J connectivity index is 1.99. The number of hydrogen-bond acceptors (Lipinski definition) is 2. The number of hydrogen-bond donors (Lipinski definition) is 2. The number of para-hydroxylation sites is 1. The molecule has 0 bridgehead atoms. The fourth-order valence-corrected chi connectivity index (χ4v) is 3.25. The van der Waals surface area contributed by atoms with Gasteiger partial charge in [0.2, 0.25) is 0 Å². The van der Waals surface area contributed by atoms with Gasteiger partial charge in [-0.15, -0.1) is 0 Å². The Morgan fingerprint density at radius 2 is 2.04 bits per heavy atom. The van der Waals surface area contributed by atoms with Gasteiger partial charge in [-0.3, -0.25) is 0 Å². The zero-order valence-electron chi connectivity index (χ0n) is 13.5. The highest BCUT2D eigenvalue weighted by Crippen LogP contribution is 2.28. The molecule has 0 saturated carbocycles. The molecule has 0 radical (unpaired) electrons. The first kappa shape index (κ1) is 14.5. The summed E-state index contributed by atoms with van der Waals surface area (Å²) in [7, 11) is 0. The fourth-order valence-electron chi connectivity index (χ4n) is 3.25. The van der Waals surface area contributed by atoms with Crippen molar-refractivity contribution in [2.24, 2.45) is 0 Å². The molecule has 5 heteroatoms. The van der Waals surface area contributed by atoms with Gasteiger partial charge in [0.15, 0.2) is 0 Å². The van der Waals surface area contributed by atoms with E-state index < -0.39 is 5.97 Å². The van der Waals surface area contributed by atoms with Crippen molar-refractivity contribution < 1.29 is 9.90 Å². The number of fused-ring (bicyclic) bond motifs is 2. The molecule has 2 N–H and O–H groups in total. The largest absolute Gasteiger partial charge is 0.478 e. The van der Waals surface area contributed by atoms with Gasteiger partial charge in [-0.25, -0.2) is 9.78 Å². The number of carbonyl (C=O) groups is 1.